The van der Waals surface area contributed by atoms with Crippen LogP contribution in [0.3, 0.4) is 0 Å². The summed E-state index contributed by atoms with van der Waals surface area (Å²) in [5.41, 5.74) is 0. The monoisotopic (exact) mass is 213 g/mol. The maximum Gasteiger partial charge on any atom is 0.155 e. The van der Waals surface area contributed by atoms with Crippen LogP contribution in [0.25, 0.3) is 0 Å². The maximum atomic E-state index is 2.57. The van der Waals surface area contributed by atoms with Gasteiger partial charge in [0.05, 0.1) is 0 Å². The Morgan fingerprint density at radius 1 is 1.14 bits per heavy atom. The Bertz CT molecular complexity index is 189. The van der Waals surface area contributed by atoms with E-state index in [-0.39, 0.29) is 0 Å². The first-order chi connectivity index (χ1) is 6.27. The minimum atomic E-state index is -1.33. The standard InChI is InChI=1S/C12H27NSi/c1-8-10-11-13(9-2)14(6,7)12(3,4)5/h10-11H,8-9H2,1-7H3. The minimum absolute atomic E-state index is 0.432. The first kappa shape index (κ1) is 13.8. The van der Waals surface area contributed by atoms with Gasteiger partial charge < -0.3 is 4.57 Å². The van der Waals surface area contributed by atoms with Crippen LogP contribution in [0, 0.1) is 0 Å². The summed E-state index contributed by atoms with van der Waals surface area (Å²) in [5, 5.41) is 0.432. The molecule has 0 bridgehead atoms. The molecule has 0 aliphatic rings. The second kappa shape index (κ2) is 5.01. The zero-order valence-electron chi connectivity index (χ0n) is 11.0. The second-order valence-corrected chi connectivity index (χ2v) is 10.6. The van der Waals surface area contributed by atoms with E-state index in [1.807, 2.05) is 0 Å². The van der Waals surface area contributed by atoms with Crippen LogP contribution >= 0.6 is 0 Å². The highest BCUT2D eigenvalue weighted by atomic mass is 28.3. The summed E-state index contributed by atoms with van der Waals surface area (Å²) < 4.78 is 2.57. The molecule has 0 heterocycles. The molecule has 0 aliphatic heterocycles. The fourth-order valence-electron chi connectivity index (χ4n) is 1.35. The molecule has 0 radical (unpaired) electrons. The highest BCUT2D eigenvalue weighted by Crippen LogP contribution is 2.38. The predicted octanol–water partition coefficient (Wildman–Crippen LogP) is 4.24. The fraction of sp³-hybridized carbons (Fsp3) is 0.833. The van der Waals surface area contributed by atoms with Gasteiger partial charge >= 0.3 is 0 Å². The Morgan fingerprint density at radius 2 is 1.64 bits per heavy atom. The van der Waals surface area contributed by atoms with Gasteiger partial charge in [0.25, 0.3) is 0 Å². The molecular weight excluding hydrogens is 186 g/mol. The predicted molar refractivity (Wildman–Crippen MR) is 69.0 cm³/mol. The van der Waals surface area contributed by atoms with E-state index in [1.54, 1.807) is 0 Å². The van der Waals surface area contributed by atoms with Gasteiger partial charge in [0.1, 0.15) is 0 Å². The topological polar surface area (TPSA) is 3.24 Å². The highest BCUT2D eigenvalue weighted by Gasteiger charge is 2.39. The Labute approximate surface area is 91.3 Å². The Kier molecular flexibility index (Phi) is 4.92. The number of nitrogens with zero attached hydrogens (tertiary/aromatic N) is 1. The van der Waals surface area contributed by atoms with Gasteiger partial charge in [-0.05, 0) is 24.6 Å². The van der Waals surface area contributed by atoms with Crippen molar-refractivity contribution >= 4 is 8.24 Å². The van der Waals surface area contributed by atoms with E-state index in [0.29, 0.717) is 5.04 Å². The van der Waals surface area contributed by atoms with Crippen LogP contribution in [0.4, 0.5) is 0 Å². The van der Waals surface area contributed by atoms with E-state index < -0.39 is 8.24 Å². The van der Waals surface area contributed by atoms with Crippen molar-refractivity contribution in [3.05, 3.63) is 12.3 Å². The van der Waals surface area contributed by atoms with Gasteiger partial charge in [-0.25, -0.2) is 0 Å². The third kappa shape index (κ3) is 3.16. The molecule has 0 unspecified atom stereocenters. The summed E-state index contributed by atoms with van der Waals surface area (Å²) in [6, 6.07) is 0. The Morgan fingerprint density at radius 3 is 1.93 bits per heavy atom. The maximum absolute atomic E-state index is 2.57. The van der Waals surface area contributed by atoms with Crippen LogP contribution in [-0.2, 0) is 0 Å². The van der Waals surface area contributed by atoms with Gasteiger partial charge in [-0.2, -0.15) is 0 Å². The molecule has 84 valence electrons. The van der Waals surface area contributed by atoms with Crippen molar-refractivity contribution in [1.82, 2.24) is 4.57 Å². The highest BCUT2D eigenvalue weighted by molar-refractivity contribution is 6.77. The van der Waals surface area contributed by atoms with Gasteiger partial charge in [-0.15, -0.1) is 0 Å². The average Bonchev–Trinajstić information content (AvgIpc) is 2.03. The zero-order valence-corrected chi connectivity index (χ0v) is 12.0. The van der Waals surface area contributed by atoms with Crippen molar-refractivity contribution in [3.63, 3.8) is 0 Å². The number of allylic oxidation sites excluding steroid dienone is 1. The van der Waals surface area contributed by atoms with Gasteiger partial charge in [-0.1, -0.05) is 46.9 Å². The van der Waals surface area contributed by atoms with Crippen molar-refractivity contribution in [2.75, 3.05) is 6.54 Å². The first-order valence-corrected chi connectivity index (χ1v) is 8.65. The van der Waals surface area contributed by atoms with E-state index in [0.717, 1.165) is 13.0 Å². The molecule has 0 saturated carbocycles. The second-order valence-electron chi connectivity index (χ2n) is 5.39. The van der Waals surface area contributed by atoms with Crippen molar-refractivity contribution in [2.45, 2.75) is 59.2 Å². The molecule has 0 aliphatic carbocycles. The number of hydrogen-bond acceptors (Lipinski definition) is 1. The smallest absolute Gasteiger partial charge is 0.155 e. The normalized spacial score (nSPS) is 13.6. The van der Waals surface area contributed by atoms with Crippen LogP contribution in [0.15, 0.2) is 12.3 Å². The lowest BCUT2D eigenvalue weighted by Crippen LogP contribution is -2.52. The third-order valence-corrected chi connectivity index (χ3v) is 8.99. The minimum Gasteiger partial charge on any atom is -0.403 e. The van der Waals surface area contributed by atoms with E-state index in [4.69, 9.17) is 0 Å². The molecule has 0 fully saturated rings. The van der Waals surface area contributed by atoms with E-state index in [9.17, 15) is 0 Å². The molecule has 0 aromatic rings. The van der Waals surface area contributed by atoms with Gasteiger partial charge in [-0.3, -0.25) is 0 Å². The van der Waals surface area contributed by atoms with Crippen LogP contribution in [-0.4, -0.2) is 19.3 Å². The van der Waals surface area contributed by atoms with E-state index in [1.165, 1.54) is 0 Å². The van der Waals surface area contributed by atoms with Gasteiger partial charge in [0, 0.05) is 6.54 Å². The molecule has 0 N–H and O–H groups in total. The largest absolute Gasteiger partial charge is 0.403 e. The molecule has 1 nitrogen and oxygen atoms in total. The summed E-state index contributed by atoms with van der Waals surface area (Å²) in [4.78, 5) is 0. The van der Waals surface area contributed by atoms with Crippen LogP contribution in [0.5, 0.6) is 0 Å². The lowest BCUT2D eigenvalue weighted by Gasteiger charge is -2.45. The molecule has 0 atom stereocenters. The van der Waals surface area contributed by atoms with Crippen molar-refractivity contribution in [1.29, 1.82) is 0 Å². The summed E-state index contributed by atoms with van der Waals surface area (Å²) in [5.74, 6) is 0. The Hall–Kier alpha value is -0.243. The van der Waals surface area contributed by atoms with Crippen molar-refractivity contribution in [2.24, 2.45) is 0 Å². The molecule has 14 heavy (non-hydrogen) atoms. The van der Waals surface area contributed by atoms with Crippen LogP contribution < -0.4 is 0 Å². The lowest BCUT2D eigenvalue weighted by molar-refractivity contribution is 0.531. The molecule has 0 saturated heterocycles. The molecule has 0 spiro atoms. The van der Waals surface area contributed by atoms with Crippen LogP contribution in [0.2, 0.25) is 18.1 Å². The van der Waals surface area contributed by atoms with Gasteiger partial charge in [0.15, 0.2) is 8.24 Å². The lowest BCUT2D eigenvalue weighted by atomic mass is 10.2. The summed E-state index contributed by atoms with van der Waals surface area (Å²) in [6.07, 6.45) is 5.70. The van der Waals surface area contributed by atoms with Crippen molar-refractivity contribution < 1.29 is 0 Å². The SMILES string of the molecule is CCC=CN(CC)[Si](C)(C)C(C)(C)C. The molecular formula is C12H27NSi. The molecule has 0 rings (SSSR count). The zero-order chi connectivity index (χ0) is 11.4. The summed E-state index contributed by atoms with van der Waals surface area (Å²) in [6.45, 7) is 17.6. The number of rotatable bonds is 4. The fourth-order valence-corrected chi connectivity index (χ4v) is 3.48. The Balaban J connectivity index is 4.74. The summed E-state index contributed by atoms with van der Waals surface area (Å²) in [7, 11) is -1.33. The van der Waals surface area contributed by atoms with Gasteiger partial charge in [0.2, 0.25) is 0 Å². The van der Waals surface area contributed by atoms with Crippen molar-refractivity contribution in [3.8, 4) is 0 Å². The average molecular weight is 213 g/mol. The summed E-state index contributed by atoms with van der Waals surface area (Å²) >= 11 is 0. The molecule has 0 aromatic carbocycles. The molecule has 2 heteroatoms. The number of hydrogen-bond donors (Lipinski definition) is 0. The molecule has 0 aromatic heterocycles. The first-order valence-electron chi connectivity index (χ1n) is 5.70. The van der Waals surface area contributed by atoms with Crippen LogP contribution in [0.1, 0.15) is 41.0 Å². The third-order valence-electron chi connectivity index (χ3n) is 3.42. The van der Waals surface area contributed by atoms with E-state index >= 15 is 0 Å². The van der Waals surface area contributed by atoms with E-state index in [2.05, 4.69) is 64.6 Å². The quantitative estimate of drug-likeness (QED) is 0.632. The molecule has 0 amide bonds.